The van der Waals surface area contributed by atoms with Gasteiger partial charge in [0.1, 0.15) is 0 Å². The zero-order chi connectivity index (χ0) is 14.4. The Hall–Kier alpha value is -1.10. The number of hydrogen-bond donors (Lipinski definition) is 1. The van der Waals surface area contributed by atoms with Crippen LogP contribution in [0.25, 0.3) is 0 Å². The summed E-state index contributed by atoms with van der Waals surface area (Å²) in [4.78, 5) is 16.5. The molecule has 0 bridgehead atoms. The molecule has 1 N–H and O–H groups in total. The lowest BCUT2D eigenvalue weighted by Gasteiger charge is -2.33. The van der Waals surface area contributed by atoms with Gasteiger partial charge in [0.25, 0.3) is 0 Å². The van der Waals surface area contributed by atoms with Crippen molar-refractivity contribution in [2.45, 2.75) is 13.5 Å². The van der Waals surface area contributed by atoms with Crippen molar-refractivity contribution in [3.8, 4) is 0 Å². The summed E-state index contributed by atoms with van der Waals surface area (Å²) in [6.45, 7) is 8.26. The molecule has 0 unspecified atom stereocenters. The Labute approximate surface area is 125 Å². The highest BCUT2D eigenvalue weighted by Gasteiger charge is 2.17. The van der Waals surface area contributed by atoms with E-state index in [9.17, 15) is 4.79 Å². The van der Waals surface area contributed by atoms with Crippen LogP contribution in [0.1, 0.15) is 12.5 Å². The normalized spacial score (nSPS) is 17.1. The van der Waals surface area contributed by atoms with E-state index in [1.165, 1.54) is 0 Å². The highest BCUT2D eigenvalue weighted by atomic mass is 35.5. The molecule has 1 aliphatic rings. The van der Waals surface area contributed by atoms with Gasteiger partial charge in [-0.2, -0.15) is 0 Å². The van der Waals surface area contributed by atoms with Crippen LogP contribution in [0.15, 0.2) is 24.3 Å². The van der Waals surface area contributed by atoms with E-state index in [0.29, 0.717) is 18.1 Å². The van der Waals surface area contributed by atoms with Gasteiger partial charge in [-0.3, -0.25) is 9.69 Å². The van der Waals surface area contributed by atoms with Gasteiger partial charge in [-0.05, 0) is 18.2 Å². The second kappa shape index (κ2) is 7.62. The van der Waals surface area contributed by atoms with Crippen LogP contribution in [0.3, 0.4) is 0 Å². The molecular formula is C15H22ClN3O. The van der Waals surface area contributed by atoms with Gasteiger partial charge >= 0.3 is 0 Å². The van der Waals surface area contributed by atoms with E-state index >= 15 is 0 Å². The molecule has 0 saturated carbocycles. The van der Waals surface area contributed by atoms with E-state index in [1.807, 2.05) is 24.3 Å². The quantitative estimate of drug-likeness (QED) is 0.896. The number of amides is 1. The second-order valence-electron chi connectivity index (χ2n) is 5.08. The van der Waals surface area contributed by atoms with E-state index in [0.717, 1.165) is 38.3 Å². The minimum Gasteiger partial charge on any atom is -0.351 e. The number of nitrogens with one attached hydrogen (secondary N) is 1. The van der Waals surface area contributed by atoms with Crippen LogP contribution in [0.4, 0.5) is 0 Å². The summed E-state index contributed by atoms with van der Waals surface area (Å²) in [5.74, 6) is 0.0647. The van der Waals surface area contributed by atoms with Crippen LogP contribution >= 0.6 is 11.6 Å². The molecular weight excluding hydrogens is 274 g/mol. The molecule has 110 valence electrons. The van der Waals surface area contributed by atoms with Crippen molar-refractivity contribution in [1.82, 2.24) is 15.1 Å². The van der Waals surface area contributed by atoms with Crippen LogP contribution in [0, 0.1) is 0 Å². The van der Waals surface area contributed by atoms with E-state index < -0.39 is 0 Å². The molecule has 2 rings (SSSR count). The van der Waals surface area contributed by atoms with Crippen LogP contribution in [0.2, 0.25) is 5.02 Å². The molecule has 1 saturated heterocycles. The minimum atomic E-state index is 0.0647. The summed E-state index contributed by atoms with van der Waals surface area (Å²) < 4.78 is 0. The molecule has 0 radical (unpaired) electrons. The van der Waals surface area contributed by atoms with Crippen molar-refractivity contribution in [1.29, 1.82) is 0 Å². The number of piperazine rings is 1. The predicted molar refractivity (Wildman–Crippen MR) is 81.9 cm³/mol. The van der Waals surface area contributed by atoms with Crippen molar-refractivity contribution in [2.75, 3.05) is 39.3 Å². The molecule has 0 atom stereocenters. The lowest BCUT2D eigenvalue weighted by atomic mass is 10.2. The van der Waals surface area contributed by atoms with Gasteiger partial charge in [-0.15, -0.1) is 0 Å². The van der Waals surface area contributed by atoms with E-state index in [-0.39, 0.29) is 5.91 Å². The highest BCUT2D eigenvalue weighted by Crippen LogP contribution is 2.14. The molecule has 1 fully saturated rings. The van der Waals surface area contributed by atoms with Crippen molar-refractivity contribution in [3.05, 3.63) is 34.9 Å². The summed E-state index contributed by atoms with van der Waals surface area (Å²) in [5, 5.41) is 3.63. The molecule has 1 aromatic rings. The molecule has 1 aliphatic heterocycles. The predicted octanol–water partition coefficient (Wildman–Crippen LogP) is 1.59. The number of halogens is 1. The first kappa shape index (κ1) is 15.3. The van der Waals surface area contributed by atoms with Crippen molar-refractivity contribution in [2.24, 2.45) is 0 Å². The zero-order valence-corrected chi connectivity index (χ0v) is 12.7. The average Bonchev–Trinajstić information content (AvgIpc) is 2.47. The number of likely N-dealkylation sites (N-methyl/N-ethyl adjacent to an activating group) is 1. The molecule has 0 aromatic heterocycles. The molecule has 1 amide bonds. The third-order valence-electron chi connectivity index (χ3n) is 3.71. The van der Waals surface area contributed by atoms with Crippen molar-refractivity contribution >= 4 is 17.5 Å². The number of carbonyl (C=O) groups is 1. The lowest BCUT2D eigenvalue weighted by molar-refractivity contribution is -0.122. The first-order chi connectivity index (χ1) is 9.69. The van der Waals surface area contributed by atoms with Gasteiger partial charge in [-0.25, -0.2) is 0 Å². The third-order valence-corrected chi connectivity index (χ3v) is 4.08. The topological polar surface area (TPSA) is 35.6 Å². The Bertz CT molecular complexity index is 444. The van der Waals surface area contributed by atoms with E-state index in [4.69, 9.17) is 11.6 Å². The first-order valence-corrected chi connectivity index (χ1v) is 7.51. The second-order valence-corrected chi connectivity index (χ2v) is 5.49. The number of nitrogens with zero attached hydrogens (tertiary/aromatic N) is 2. The Kier molecular flexibility index (Phi) is 5.83. The molecule has 20 heavy (non-hydrogen) atoms. The van der Waals surface area contributed by atoms with Crippen LogP contribution in [-0.2, 0) is 11.3 Å². The Morgan fingerprint density at radius 2 is 1.85 bits per heavy atom. The summed E-state index contributed by atoms with van der Waals surface area (Å²) in [6, 6.07) is 7.59. The first-order valence-electron chi connectivity index (χ1n) is 7.14. The van der Waals surface area contributed by atoms with Gasteiger partial charge in [-0.1, -0.05) is 36.7 Å². The van der Waals surface area contributed by atoms with Gasteiger partial charge in [0.15, 0.2) is 0 Å². The molecule has 4 nitrogen and oxygen atoms in total. The molecule has 1 heterocycles. The SMILES string of the molecule is CCN1CCN(CC(=O)NCc2ccccc2Cl)CC1. The fourth-order valence-corrected chi connectivity index (χ4v) is 2.56. The zero-order valence-electron chi connectivity index (χ0n) is 11.9. The maximum atomic E-state index is 11.9. The maximum absolute atomic E-state index is 11.9. The van der Waals surface area contributed by atoms with Crippen LogP contribution < -0.4 is 5.32 Å². The van der Waals surface area contributed by atoms with Crippen LogP contribution in [0.5, 0.6) is 0 Å². The third kappa shape index (κ3) is 4.47. The Morgan fingerprint density at radius 1 is 1.20 bits per heavy atom. The molecule has 1 aromatic carbocycles. The standard InChI is InChI=1S/C15H22ClN3O/c1-2-18-7-9-19(10-8-18)12-15(20)17-11-13-5-3-4-6-14(13)16/h3-6H,2,7-12H2,1H3,(H,17,20). The fourth-order valence-electron chi connectivity index (χ4n) is 2.36. The smallest absolute Gasteiger partial charge is 0.234 e. The highest BCUT2D eigenvalue weighted by molar-refractivity contribution is 6.31. The largest absolute Gasteiger partial charge is 0.351 e. The minimum absolute atomic E-state index is 0.0647. The monoisotopic (exact) mass is 295 g/mol. The van der Waals surface area contributed by atoms with E-state index in [2.05, 4.69) is 22.0 Å². The number of hydrogen-bond acceptors (Lipinski definition) is 3. The van der Waals surface area contributed by atoms with E-state index in [1.54, 1.807) is 0 Å². The average molecular weight is 296 g/mol. The van der Waals surface area contributed by atoms with Crippen molar-refractivity contribution < 1.29 is 4.79 Å². The van der Waals surface area contributed by atoms with Gasteiger partial charge in [0, 0.05) is 37.7 Å². The van der Waals surface area contributed by atoms with Crippen LogP contribution in [-0.4, -0.2) is 55.0 Å². The lowest BCUT2D eigenvalue weighted by Crippen LogP contribution is -2.49. The fraction of sp³-hybridized carbons (Fsp3) is 0.533. The number of rotatable bonds is 5. The van der Waals surface area contributed by atoms with Gasteiger partial charge < -0.3 is 10.2 Å². The Balaban J connectivity index is 1.72. The maximum Gasteiger partial charge on any atom is 0.234 e. The Morgan fingerprint density at radius 3 is 2.50 bits per heavy atom. The summed E-state index contributed by atoms with van der Waals surface area (Å²) >= 11 is 6.06. The molecule has 0 aliphatic carbocycles. The van der Waals surface area contributed by atoms with Crippen molar-refractivity contribution in [3.63, 3.8) is 0 Å². The van der Waals surface area contributed by atoms with Gasteiger partial charge in [0.05, 0.1) is 6.54 Å². The summed E-state index contributed by atoms with van der Waals surface area (Å²) in [7, 11) is 0. The summed E-state index contributed by atoms with van der Waals surface area (Å²) in [6.07, 6.45) is 0. The number of benzene rings is 1. The van der Waals surface area contributed by atoms with Gasteiger partial charge in [0.2, 0.25) is 5.91 Å². The summed E-state index contributed by atoms with van der Waals surface area (Å²) in [5.41, 5.74) is 0.957. The number of carbonyl (C=O) groups excluding carboxylic acids is 1. The molecule has 0 spiro atoms. The molecule has 5 heteroatoms.